The number of nitrogens with zero attached hydrogens (tertiary/aromatic N) is 1. The lowest BCUT2D eigenvalue weighted by atomic mass is 10.1. The van der Waals surface area contributed by atoms with Crippen LogP contribution in [0.1, 0.15) is 29.7 Å². The number of hydrogen-bond donors (Lipinski definition) is 2. The quantitative estimate of drug-likeness (QED) is 0.857. The van der Waals surface area contributed by atoms with E-state index in [-0.39, 0.29) is 12.1 Å². The smallest absolute Gasteiger partial charge is 0.315 e. The van der Waals surface area contributed by atoms with Crippen LogP contribution >= 0.6 is 0 Å². The van der Waals surface area contributed by atoms with Crippen molar-refractivity contribution in [3.05, 3.63) is 59.4 Å². The van der Waals surface area contributed by atoms with Crippen LogP contribution in [0.5, 0.6) is 0 Å². The molecule has 0 radical (unpaired) electrons. The first-order chi connectivity index (χ1) is 11.7. The molecule has 0 saturated carbocycles. The molecule has 3 rings (SSSR count). The number of ether oxygens (including phenoxy) is 1. The average Bonchev–Trinajstić information content (AvgIpc) is 3.25. The minimum Gasteiger partial charge on any atom is -0.376 e. The number of rotatable bonds is 6. The van der Waals surface area contributed by atoms with E-state index in [0.717, 1.165) is 31.7 Å². The zero-order valence-corrected chi connectivity index (χ0v) is 14.1. The second-order valence-electron chi connectivity index (χ2n) is 6.25. The molecular formula is C19H25N3O2. The van der Waals surface area contributed by atoms with Crippen LogP contribution in [-0.2, 0) is 17.8 Å². The zero-order chi connectivity index (χ0) is 16.8. The van der Waals surface area contributed by atoms with Crippen molar-refractivity contribution in [2.24, 2.45) is 0 Å². The molecule has 0 aliphatic carbocycles. The number of benzene rings is 1. The summed E-state index contributed by atoms with van der Waals surface area (Å²) in [6.07, 6.45) is 4.33. The second-order valence-corrected chi connectivity index (χ2v) is 6.25. The molecule has 1 aliphatic rings. The van der Waals surface area contributed by atoms with Gasteiger partial charge in [0.1, 0.15) is 0 Å². The highest BCUT2D eigenvalue weighted by molar-refractivity contribution is 5.73. The maximum absolute atomic E-state index is 11.9. The van der Waals surface area contributed by atoms with E-state index in [2.05, 4.69) is 46.4 Å². The van der Waals surface area contributed by atoms with Crippen molar-refractivity contribution in [1.29, 1.82) is 0 Å². The van der Waals surface area contributed by atoms with Crippen molar-refractivity contribution in [3.63, 3.8) is 0 Å². The number of urea groups is 1. The van der Waals surface area contributed by atoms with Gasteiger partial charge in [-0.3, -0.25) is 0 Å². The lowest BCUT2D eigenvalue weighted by Crippen LogP contribution is -2.39. The molecule has 24 heavy (non-hydrogen) atoms. The highest BCUT2D eigenvalue weighted by atomic mass is 16.5. The first-order valence-corrected chi connectivity index (χ1v) is 8.54. The Morgan fingerprint density at radius 2 is 2.12 bits per heavy atom. The number of aromatic nitrogens is 1. The van der Waals surface area contributed by atoms with Crippen LogP contribution in [0.3, 0.4) is 0 Å². The van der Waals surface area contributed by atoms with Crippen molar-refractivity contribution in [3.8, 4) is 0 Å². The van der Waals surface area contributed by atoms with Crippen LogP contribution in [0.4, 0.5) is 4.79 Å². The second kappa shape index (κ2) is 8.02. The van der Waals surface area contributed by atoms with Crippen molar-refractivity contribution in [2.75, 3.05) is 13.2 Å². The van der Waals surface area contributed by atoms with Gasteiger partial charge in [-0.1, -0.05) is 24.3 Å². The van der Waals surface area contributed by atoms with Gasteiger partial charge in [-0.05, 0) is 43.0 Å². The van der Waals surface area contributed by atoms with Gasteiger partial charge in [0, 0.05) is 31.6 Å². The summed E-state index contributed by atoms with van der Waals surface area (Å²) in [6, 6.07) is 12.3. The van der Waals surface area contributed by atoms with Gasteiger partial charge < -0.3 is 19.9 Å². The Morgan fingerprint density at radius 1 is 1.25 bits per heavy atom. The van der Waals surface area contributed by atoms with Gasteiger partial charge in [0.25, 0.3) is 0 Å². The fourth-order valence-corrected chi connectivity index (χ4v) is 2.98. The maximum Gasteiger partial charge on any atom is 0.315 e. The molecule has 0 spiro atoms. The van der Waals surface area contributed by atoms with Gasteiger partial charge in [0.2, 0.25) is 0 Å². The highest BCUT2D eigenvalue weighted by Crippen LogP contribution is 2.12. The van der Waals surface area contributed by atoms with Crippen LogP contribution in [0.2, 0.25) is 0 Å². The molecular weight excluding hydrogens is 302 g/mol. The minimum atomic E-state index is -0.144. The van der Waals surface area contributed by atoms with E-state index >= 15 is 0 Å². The molecule has 0 bridgehead atoms. The Hall–Kier alpha value is -2.27. The Labute approximate surface area is 143 Å². The molecule has 2 aromatic rings. The van der Waals surface area contributed by atoms with Crippen LogP contribution in [-0.4, -0.2) is 29.9 Å². The summed E-state index contributed by atoms with van der Waals surface area (Å²) >= 11 is 0. The number of carbonyl (C=O) groups excluding carboxylic acids is 1. The molecule has 0 unspecified atom stereocenters. The van der Waals surface area contributed by atoms with Gasteiger partial charge >= 0.3 is 6.03 Å². The van der Waals surface area contributed by atoms with E-state index in [0.29, 0.717) is 13.1 Å². The lowest BCUT2D eigenvalue weighted by Gasteiger charge is -2.14. The van der Waals surface area contributed by atoms with Crippen molar-refractivity contribution >= 4 is 6.03 Å². The van der Waals surface area contributed by atoms with Gasteiger partial charge in [0.05, 0.1) is 12.6 Å². The molecule has 1 aromatic heterocycles. The number of amides is 2. The van der Waals surface area contributed by atoms with Crippen LogP contribution in [0.15, 0.2) is 42.6 Å². The molecule has 5 nitrogen and oxygen atoms in total. The molecule has 5 heteroatoms. The predicted molar refractivity (Wildman–Crippen MR) is 93.9 cm³/mol. The van der Waals surface area contributed by atoms with Crippen molar-refractivity contribution in [2.45, 2.75) is 39.0 Å². The van der Waals surface area contributed by atoms with E-state index < -0.39 is 0 Å². The monoisotopic (exact) mass is 327 g/mol. The Balaban J connectivity index is 1.50. The van der Waals surface area contributed by atoms with Gasteiger partial charge in [-0.2, -0.15) is 0 Å². The minimum absolute atomic E-state index is 0.144. The Morgan fingerprint density at radius 3 is 2.92 bits per heavy atom. The third kappa shape index (κ3) is 4.38. The maximum atomic E-state index is 11.9. The number of hydrogen-bond acceptors (Lipinski definition) is 2. The Kier molecular flexibility index (Phi) is 5.54. The fraction of sp³-hybridized carbons (Fsp3) is 0.421. The molecule has 1 saturated heterocycles. The summed E-state index contributed by atoms with van der Waals surface area (Å²) in [4.78, 5) is 11.9. The summed E-state index contributed by atoms with van der Waals surface area (Å²) in [5.41, 5.74) is 3.66. The molecule has 1 aliphatic heterocycles. The highest BCUT2D eigenvalue weighted by Gasteiger charge is 2.16. The van der Waals surface area contributed by atoms with Crippen molar-refractivity contribution < 1.29 is 9.53 Å². The third-order valence-corrected chi connectivity index (χ3v) is 4.47. The van der Waals surface area contributed by atoms with Gasteiger partial charge in [0.15, 0.2) is 0 Å². The van der Waals surface area contributed by atoms with E-state index in [1.54, 1.807) is 0 Å². The largest absolute Gasteiger partial charge is 0.376 e. The lowest BCUT2D eigenvalue weighted by molar-refractivity contribution is 0.111. The summed E-state index contributed by atoms with van der Waals surface area (Å²) in [7, 11) is 0. The molecule has 2 N–H and O–H groups in total. The molecule has 1 fully saturated rings. The topological polar surface area (TPSA) is 55.3 Å². The fourth-order valence-electron chi connectivity index (χ4n) is 2.98. The number of carbonyl (C=O) groups is 1. The van der Waals surface area contributed by atoms with E-state index in [1.807, 2.05) is 18.3 Å². The van der Waals surface area contributed by atoms with Gasteiger partial charge in [-0.15, -0.1) is 0 Å². The van der Waals surface area contributed by atoms with Crippen LogP contribution < -0.4 is 10.6 Å². The van der Waals surface area contributed by atoms with Crippen molar-refractivity contribution in [1.82, 2.24) is 15.2 Å². The van der Waals surface area contributed by atoms with E-state index in [4.69, 9.17) is 4.74 Å². The summed E-state index contributed by atoms with van der Waals surface area (Å²) < 4.78 is 7.67. The average molecular weight is 327 g/mol. The predicted octanol–water partition coefficient (Wildman–Crippen LogP) is 2.82. The molecule has 2 amide bonds. The van der Waals surface area contributed by atoms with Gasteiger partial charge in [-0.25, -0.2) is 4.79 Å². The molecule has 1 aromatic carbocycles. The molecule has 1 atom stereocenters. The molecule has 128 valence electrons. The SMILES string of the molecule is Cc1ccccc1Cn1cccc1CNC(=O)NC[C@H]1CCCO1. The third-order valence-electron chi connectivity index (χ3n) is 4.47. The van der Waals surface area contributed by atoms with E-state index in [1.165, 1.54) is 11.1 Å². The summed E-state index contributed by atoms with van der Waals surface area (Å²) in [5, 5.41) is 5.80. The van der Waals surface area contributed by atoms with E-state index in [9.17, 15) is 4.79 Å². The number of nitrogens with one attached hydrogen (secondary N) is 2. The van der Waals surface area contributed by atoms with Crippen LogP contribution in [0, 0.1) is 6.92 Å². The Bertz CT molecular complexity index is 675. The summed E-state index contributed by atoms with van der Waals surface area (Å²) in [5.74, 6) is 0. The normalized spacial score (nSPS) is 17.0. The first-order valence-electron chi connectivity index (χ1n) is 8.54. The first kappa shape index (κ1) is 16.6. The molecule has 2 heterocycles. The zero-order valence-electron chi connectivity index (χ0n) is 14.1. The number of aryl methyl sites for hydroxylation is 1. The summed E-state index contributed by atoms with van der Waals surface area (Å²) in [6.45, 7) is 4.83. The standard InChI is InChI=1S/C19H25N3O2/c1-15-6-2-3-7-16(15)14-22-10-4-8-17(22)12-20-19(23)21-13-18-9-5-11-24-18/h2-4,6-8,10,18H,5,9,11-14H2,1H3,(H2,20,21,23)/t18-/m1/s1. The van der Waals surface area contributed by atoms with Crippen LogP contribution in [0.25, 0.3) is 0 Å².